The first-order valence-electron chi connectivity index (χ1n) is 5.45. The van der Waals surface area contributed by atoms with Gasteiger partial charge in [0.05, 0.1) is 17.4 Å². The van der Waals surface area contributed by atoms with Gasteiger partial charge in [-0.15, -0.1) is 0 Å². The molecule has 2 atom stereocenters. The Balaban J connectivity index is 2.53. The van der Waals surface area contributed by atoms with Gasteiger partial charge in [-0.25, -0.2) is 8.42 Å². The van der Waals surface area contributed by atoms with E-state index in [9.17, 15) is 13.2 Å². The van der Waals surface area contributed by atoms with Crippen molar-refractivity contribution in [2.75, 3.05) is 11.5 Å². The average Bonchev–Trinajstić information content (AvgIpc) is 2.16. The van der Waals surface area contributed by atoms with Gasteiger partial charge in [-0.2, -0.15) is 0 Å². The lowest BCUT2D eigenvalue weighted by molar-refractivity contribution is -0.125. The Hall–Kier alpha value is -0.580. The third-order valence-corrected chi connectivity index (χ3v) is 4.66. The molecule has 15 heavy (non-hydrogen) atoms. The number of hydrogen-bond acceptors (Lipinski definition) is 3. The van der Waals surface area contributed by atoms with E-state index in [0.29, 0.717) is 12.8 Å². The highest BCUT2D eigenvalue weighted by molar-refractivity contribution is 7.91. The third-order valence-electron chi connectivity index (χ3n) is 2.83. The van der Waals surface area contributed by atoms with Crippen molar-refractivity contribution in [1.29, 1.82) is 0 Å². The quantitative estimate of drug-likeness (QED) is 0.781. The van der Waals surface area contributed by atoms with Gasteiger partial charge in [-0.05, 0) is 26.2 Å². The highest BCUT2D eigenvalue weighted by atomic mass is 32.2. The molecule has 0 saturated carbocycles. The number of rotatable bonds is 3. The van der Waals surface area contributed by atoms with Crippen LogP contribution in [0.2, 0.25) is 0 Å². The van der Waals surface area contributed by atoms with Crippen LogP contribution >= 0.6 is 0 Å². The summed E-state index contributed by atoms with van der Waals surface area (Å²) in [6.45, 7) is 3.91. The number of carbonyl (C=O) groups excluding carboxylic acids is 1. The lowest BCUT2D eigenvalue weighted by atomic mass is 10.0. The molecule has 1 aliphatic heterocycles. The van der Waals surface area contributed by atoms with Gasteiger partial charge in [0.1, 0.15) is 0 Å². The molecule has 0 aromatic heterocycles. The van der Waals surface area contributed by atoms with Crippen LogP contribution in [0.15, 0.2) is 0 Å². The summed E-state index contributed by atoms with van der Waals surface area (Å²) < 4.78 is 22.7. The Kier molecular flexibility index (Phi) is 4.13. The lowest BCUT2D eigenvalue weighted by Crippen LogP contribution is -2.41. The molecular formula is C10H19NO3S. The normalized spacial score (nSPS) is 26.9. The second-order valence-electron chi connectivity index (χ2n) is 4.27. The third kappa shape index (κ3) is 3.81. The molecule has 1 N–H and O–H groups in total. The summed E-state index contributed by atoms with van der Waals surface area (Å²) in [5.74, 6) is -0.180. The molecule has 88 valence electrons. The summed E-state index contributed by atoms with van der Waals surface area (Å²) in [4.78, 5) is 11.7. The largest absolute Gasteiger partial charge is 0.353 e. The Morgan fingerprint density at radius 2 is 2.20 bits per heavy atom. The van der Waals surface area contributed by atoms with Gasteiger partial charge in [0.25, 0.3) is 0 Å². The van der Waals surface area contributed by atoms with Crippen molar-refractivity contribution in [1.82, 2.24) is 5.32 Å². The maximum Gasteiger partial charge on any atom is 0.224 e. The molecule has 0 bridgehead atoms. The van der Waals surface area contributed by atoms with Crippen molar-refractivity contribution in [2.24, 2.45) is 5.92 Å². The van der Waals surface area contributed by atoms with Crippen LogP contribution in [0.4, 0.5) is 0 Å². The number of carbonyl (C=O) groups is 1. The van der Waals surface area contributed by atoms with Crippen LogP contribution in [0.5, 0.6) is 0 Å². The van der Waals surface area contributed by atoms with Gasteiger partial charge >= 0.3 is 0 Å². The topological polar surface area (TPSA) is 63.2 Å². The fourth-order valence-electron chi connectivity index (χ4n) is 1.69. The minimum Gasteiger partial charge on any atom is -0.353 e. The first-order chi connectivity index (χ1) is 6.94. The Labute approximate surface area is 91.4 Å². The summed E-state index contributed by atoms with van der Waals surface area (Å²) in [6, 6.07) is 0.127. The molecule has 1 aliphatic rings. The van der Waals surface area contributed by atoms with Gasteiger partial charge in [-0.3, -0.25) is 4.79 Å². The number of nitrogens with one attached hydrogen (secondary N) is 1. The van der Waals surface area contributed by atoms with Gasteiger partial charge in [0, 0.05) is 6.04 Å². The molecule has 0 aliphatic carbocycles. The standard InChI is InChI=1S/C10H19NO3S/c1-3-8(2)11-10(12)9-5-4-6-15(13,14)7-9/h8-9H,3-7H2,1-2H3,(H,11,12). The molecule has 0 radical (unpaired) electrons. The first kappa shape index (κ1) is 12.5. The molecule has 5 heteroatoms. The molecule has 0 spiro atoms. The van der Waals surface area contributed by atoms with Crippen molar-refractivity contribution in [3.8, 4) is 0 Å². The zero-order valence-corrected chi connectivity index (χ0v) is 10.1. The van der Waals surface area contributed by atoms with Crippen LogP contribution in [-0.4, -0.2) is 31.9 Å². The number of amides is 1. The van der Waals surface area contributed by atoms with E-state index in [2.05, 4.69) is 5.32 Å². The summed E-state index contributed by atoms with van der Waals surface area (Å²) in [5, 5.41) is 2.83. The summed E-state index contributed by atoms with van der Waals surface area (Å²) in [5.41, 5.74) is 0. The lowest BCUT2D eigenvalue weighted by Gasteiger charge is -2.22. The fraction of sp³-hybridized carbons (Fsp3) is 0.900. The van der Waals surface area contributed by atoms with Crippen LogP contribution in [-0.2, 0) is 14.6 Å². The van der Waals surface area contributed by atoms with Crippen molar-refractivity contribution in [3.05, 3.63) is 0 Å². The maximum absolute atomic E-state index is 11.7. The van der Waals surface area contributed by atoms with E-state index in [1.165, 1.54) is 0 Å². The smallest absolute Gasteiger partial charge is 0.224 e. The van der Waals surface area contributed by atoms with Gasteiger partial charge in [0.2, 0.25) is 5.91 Å². The average molecular weight is 233 g/mol. The molecule has 1 amide bonds. The molecule has 1 rings (SSSR count). The molecule has 4 nitrogen and oxygen atoms in total. The van der Waals surface area contributed by atoms with Crippen molar-refractivity contribution < 1.29 is 13.2 Å². The first-order valence-corrected chi connectivity index (χ1v) is 7.27. The van der Waals surface area contributed by atoms with Crippen molar-refractivity contribution in [2.45, 2.75) is 39.2 Å². The van der Waals surface area contributed by atoms with Crippen molar-refractivity contribution >= 4 is 15.7 Å². The van der Waals surface area contributed by atoms with E-state index in [4.69, 9.17) is 0 Å². The van der Waals surface area contributed by atoms with E-state index < -0.39 is 9.84 Å². The highest BCUT2D eigenvalue weighted by Gasteiger charge is 2.29. The Morgan fingerprint density at radius 1 is 1.53 bits per heavy atom. The van der Waals surface area contributed by atoms with Crippen molar-refractivity contribution in [3.63, 3.8) is 0 Å². The van der Waals surface area contributed by atoms with Crippen LogP contribution in [0, 0.1) is 5.92 Å². The van der Waals surface area contributed by atoms with E-state index in [1.807, 2.05) is 13.8 Å². The molecule has 1 fully saturated rings. The zero-order valence-electron chi connectivity index (χ0n) is 9.32. The Bertz CT molecular complexity index is 324. The molecule has 0 aromatic carbocycles. The van der Waals surface area contributed by atoms with Crippen LogP contribution in [0.3, 0.4) is 0 Å². The second kappa shape index (κ2) is 4.96. The van der Waals surface area contributed by atoms with E-state index in [-0.39, 0.29) is 29.4 Å². The molecular weight excluding hydrogens is 214 g/mol. The monoisotopic (exact) mass is 233 g/mol. The Morgan fingerprint density at radius 3 is 2.73 bits per heavy atom. The SMILES string of the molecule is CCC(C)NC(=O)C1CCCS(=O)(=O)C1. The fourth-order valence-corrected chi connectivity index (χ4v) is 3.40. The number of hydrogen-bond donors (Lipinski definition) is 1. The predicted octanol–water partition coefficient (Wildman–Crippen LogP) is 0.726. The summed E-state index contributed by atoms with van der Waals surface area (Å²) >= 11 is 0. The van der Waals surface area contributed by atoms with Crippen LogP contribution in [0.25, 0.3) is 0 Å². The second-order valence-corrected chi connectivity index (χ2v) is 6.50. The zero-order chi connectivity index (χ0) is 11.5. The molecule has 0 aromatic rings. The van der Waals surface area contributed by atoms with E-state index in [1.54, 1.807) is 0 Å². The van der Waals surface area contributed by atoms with Gasteiger partial charge in [-0.1, -0.05) is 6.92 Å². The molecule has 1 saturated heterocycles. The maximum atomic E-state index is 11.7. The van der Waals surface area contributed by atoms with Crippen LogP contribution < -0.4 is 5.32 Å². The van der Waals surface area contributed by atoms with Gasteiger partial charge in [0.15, 0.2) is 9.84 Å². The highest BCUT2D eigenvalue weighted by Crippen LogP contribution is 2.18. The molecule has 1 heterocycles. The van der Waals surface area contributed by atoms with E-state index in [0.717, 1.165) is 6.42 Å². The summed E-state index contributed by atoms with van der Waals surface area (Å²) in [7, 11) is -2.98. The summed E-state index contributed by atoms with van der Waals surface area (Å²) in [6.07, 6.45) is 2.17. The van der Waals surface area contributed by atoms with E-state index >= 15 is 0 Å². The number of sulfone groups is 1. The van der Waals surface area contributed by atoms with Gasteiger partial charge < -0.3 is 5.32 Å². The minimum absolute atomic E-state index is 0.0231. The van der Waals surface area contributed by atoms with Crippen LogP contribution in [0.1, 0.15) is 33.1 Å². The minimum atomic E-state index is -2.98. The molecule has 2 unspecified atom stereocenters. The predicted molar refractivity (Wildman–Crippen MR) is 59.3 cm³/mol.